The number of nitrogens with two attached hydrogens (primary N) is 1. The minimum absolute atomic E-state index is 0.522. The molecular weight excluding hydrogens is 337 g/mol. The molecule has 0 saturated carbocycles. The van der Waals surface area contributed by atoms with Gasteiger partial charge in [0.15, 0.2) is 5.82 Å². The van der Waals surface area contributed by atoms with E-state index in [9.17, 15) is 0 Å². The van der Waals surface area contributed by atoms with E-state index < -0.39 is 0 Å². The molecule has 0 aliphatic heterocycles. The zero-order chi connectivity index (χ0) is 12.5. The number of nitrogen functional groups attached to an aromatic ring is 1. The van der Waals surface area contributed by atoms with Crippen LogP contribution in [-0.2, 0) is 0 Å². The highest BCUT2D eigenvalue weighted by atomic mass is 127. The smallest absolute Gasteiger partial charge is 0.162 e. The van der Waals surface area contributed by atoms with Crippen molar-refractivity contribution < 1.29 is 0 Å². The number of aromatic nitrogens is 2. The standard InChI is InChI=1S/C14H10IN3/c15-10-7-5-9(6-8-10)14-17-12-4-2-1-3-11(12)13(16)18-14/h1-8H,(H2,16,17,18). The summed E-state index contributed by atoms with van der Waals surface area (Å²) in [5.41, 5.74) is 7.82. The van der Waals surface area contributed by atoms with Crippen LogP contribution < -0.4 is 5.73 Å². The van der Waals surface area contributed by atoms with Crippen LogP contribution in [0.1, 0.15) is 0 Å². The van der Waals surface area contributed by atoms with Crippen LogP contribution >= 0.6 is 22.6 Å². The van der Waals surface area contributed by atoms with Crippen molar-refractivity contribution in [2.24, 2.45) is 0 Å². The number of anilines is 1. The number of rotatable bonds is 1. The third kappa shape index (κ3) is 2.03. The summed E-state index contributed by atoms with van der Waals surface area (Å²) in [5.74, 6) is 1.19. The van der Waals surface area contributed by atoms with Crippen LogP contribution in [0.15, 0.2) is 48.5 Å². The van der Waals surface area contributed by atoms with Gasteiger partial charge in [0, 0.05) is 14.5 Å². The number of hydrogen-bond acceptors (Lipinski definition) is 3. The van der Waals surface area contributed by atoms with Crippen molar-refractivity contribution in [3.63, 3.8) is 0 Å². The average molecular weight is 347 g/mol. The van der Waals surface area contributed by atoms with Gasteiger partial charge in [0.2, 0.25) is 0 Å². The molecule has 3 nitrogen and oxygen atoms in total. The van der Waals surface area contributed by atoms with Crippen molar-refractivity contribution in [2.45, 2.75) is 0 Å². The van der Waals surface area contributed by atoms with E-state index in [0.717, 1.165) is 16.5 Å². The van der Waals surface area contributed by atoms with Gasteiger partial charge in [-0.2, -0.15) is 0 Å². The molecule has 3 aromatic rings. The van der Waals surface area contributed by atoms with Crippen LogP contribution in [0.5, 0.6) is 0 Å². The normalized spacial score (nSPS) is 10.7. The highest BCUT2D eigenvalue weighted by Gasteiger charge is 2.06. The van der Waals surface area contributed by atoms with E-state index in [0.29, 0.717) is 11.6 Å². The van der Waals surface area contributed by atoms with Crippen molar-refractivity contribution in [1.82, 2.24) is 9.97 Å². The molecule has 1 aromatic heterocycles. The summed E-state index contributed by atoms with van der Waals surface area (Å²) < 4.78 is 1.19. The molecular formula is C14H10IN3. The van der Waals surface area contributed by atoms with E-state index >= 15 is 0 Å². The Labute approximate surface area is 118 Å². The molecule has 0 radical (unpaired) electrons. The van der Waals surface area contributed by atoms with Gasteiger partial charge in [-0.05, 0) is 46.9 Å². The van der Waals surface area contributed by atoms with Crippen molar-refractivity contribution >= 4 is 39.3 Å². The van der Waals surface area contributed by atoms with Gasteiger partial charge in [0.1, 0.15) is 5.82 Å². The number of para-hydroxylation sites is 1. The predicted molar refractivity (Wildman–Crippen MR) is 82.1 cm³/mol. The molecule has 88 valence electrons. The highest BCUT2D eigenvalue weighted by molar-refractivity contribution is 14.1. The van der Waals surface area contributed by atoms with Gasteiger partial charge in [0.25, 0.3) is 0 Å². The second kappa shape index (κ2) is 4.53. The number of hydrogen-bond donors (Lipinski definition) is 1. The Bertz CT molecular complexity index is 708. The summed E-state index contributed by atoms with van der Waals surface area (Å²) in [6.07, 6.45) is 0. The Morgan fingerprint density at radius 1 is 0.889 bits per heavy atom. The molecule has 0 unspecified atom stereocenters. The topological polar surface area (TPSA) is 51.8 Å². The number of fused-ring (bicyclic) bond motifs is 1. The fraction of sp³-hybridized carbons (Fsp3) is 0. The molecule has 3 rings (SSSR count). The Balaban J connectivity index is 2.21. The quantitative estimate of drug-likeness (QED) is 0.686. The second-order valence-corrected chi connectivity index (χ2v) is 5.20. The van der Waals surface area contributed by atoms with Crippen molar-refractivity contribution in [3.05, 3.63) is 52.1 Å². The summed E-state index contributed by atoms with van der Waals surface area (Å²) in [5, 5.41) is 0.895. The Kier molecular flexibility index (Phi) is 2.87. The van der Waals surface area contributed by atoms with Gasteiger partial charge in [-0.1, -0.05) is 24.3 Å². The summed E-state index contributed by atoms with van der Waals surface area (Å²) in [4.78, 5) is 8.91. The first-order valence-corrected chi connectivity index (χ1v) is 6.60. The lowest BCUT2D eigenvalue weighted by molar-refractivity contribution is 1.23. The van der Waals surface area contributed by atoms with E-state index in [1.807, 2.05) is 48.5 Å². The molecule has 0 spiro atoms. The molecule has 0 atom stereocenters. The third-order valence-electron chi connectivity index (χ3n) is 2.74. The van der Waals surface area contributed by atoms with E-state index in [2.05, 4.69) is 32.6 Å². The minimum atomic E-state index is 0.522. The molecule has 4 heteroatoms. The van der Waals surface area contributed by atoms with E-state index in [1.165, 1.54) is 3.57 Å². The molecule has 0 aliphatic rings. The first kappa shape index (κ1) is 11.4. The van der Waals surface area contributed by atoms with Crippen LogP contribution in [-0.4, -0.2) is 9.97 Å². The zero-order valence-electron chi connectivity index (χ0n) is 9.47. The van der Waals surface area contributed by atoms with Crippen LogP contribution in [0.3, 0.4) is 0 Å². The molecule has 2 N–H and O–H groups in total. The lowest BCUT2D eigenvalue weighted by Gasteiger charge is -2.05. The van der Waals surface area contributed by atoms with Crippen molar-refractivity contribution in [3.8, 4) is 11.4 Å². The van der Waals surface area contributed by atoms with Gasteiger partial charge in [-0.25, -0.2) is 9.97 Å². The maximum absolute atomic E-state index is 5.97. The SMILES string of the molecule is Nc1nc(-c2ccc(I)cc2)nc2ccccc12. The molecule has 0 aliphatic carbocycles. The molecule has 0 bridgehead atoms. The monoisotopic (exact) mass is 347 g/mol. The zero-order valence-corrected chi connectivity index (χ0v) is 11.6. The summed E-state index contributed by atoms with van der Waals surface area (Å²) in [6.45, 7) is 0. The Morgan fingerprint density at radius 2 is 1.61 bits per heavy atom. The maximum Gasteiger partial charge on any atom is 0.162 e. The third-order valence-corrected chi connectivity index (χ3v) is 3.45. The van der Waals surface area contributed by atoms with Crippen molar-refractivity contribution in [2.75, 3.05) is 5.73 Å². The van der Waals surface area contributed by atoms with Crippen LogP contribution in [0.25, 0.3) is 22.3 Å². The summed E-state index contributed by atoms with van der Waals surface area (Å²) in [6, 6.07) is 15.8. The fourth-order valence-corrected chi connectivity index (χ4v) is 2.19. The second-order valence-electron chi connectivity index (χ2n) is 3.96. The number of benzene rings is 2. The first-order chi connectivity index (χ1) is 8.74. The Hall–Kier alpha value is -1.69. The summed E-state index contributed by atoms with van der Waals surface area (Å²) in [7, 11) is 0. The highest BCUT2D eigenvalue weighted by Crippen LogP contribution is 2.23. The van der Waals surface area contributed by atoms with E-state index in [-0.39, 0.29) is 0 Å². The molecule has 18 heavy (non-hydrogen) atoms. The maximum atomic E-state index is 5.97. The molecule has 0 amide bonds. The largest absolute Gasteiger partial charge is 0.383 e. The minimum Gasteiger partial charge on any atom is -0.383 e. The first-order valence-electron chi connectivity index (χ1n) is 5.52. The number of halogens is 1. The van der Waals surface area contributed by atoms with Gasteiger partial charge >= 0.3 is 0 Å². The van der Waals surface area contributed by atoms with Crippen LogP contribution in [0, 0.1) is 3.57 Å². The Morgan fingerprint density at radius 3 is 2.39 bits per heavy atom. The van der Waals surface area contributed by atoms with Crippen molar-refractivity contribution in [1.29, 1.82) is 0 Å². The molecule has 2 aromatic carbocycles. The van der Waals surface area contributed by atoms with Gasteiger partial charge in [0.05, 0.1) is 5.52 Å². The predicted octanol–water partition coefficient (Wildman–Crippen LogP) is 3.48. The summed E-state index contributed by atoms with van der Waals surface area (Å²) >= 11 is 2.27. The lowest BCUT2D eigenvalue weighted by atomic mass is 10.2. The molecule has 0 saturated heterocycles. The van der Waals surface area contributed by atoms with E-state index in [4.69, 9.17) is 5.73 Å². The average Bonchev–Trinajstić information content (AvgIpc) is 2.39. The van der Waals surface area contributed by atoms with Gasteiger partial charge in [-0.15, -0.1) is 0 Å². The van der Waals surface area contributed by atoms with Gasteiger partial charge < -0.3 is 5.73 Å². The fourth-order valence-electron chi connectivity index (χ4n) is 1.83. The van der Waals surface area contributed by atoms with Crippen LogP contribution in [0.2, 0.25) is 0 Å². The lowest BCUT2D eigenvalue weighted by Crippen LogP contribution is -1.97. The molecule has 0 fully saturated rings. The van der Waals surface area contributed by atoms with E-state index in [1.54, 1.807) is 0 Å². The van der Waals surface area contributed by atoms with Gasteiger partial charge in [-0.3, -0.25) is 0 Å². The number of nitrogens with zero attached hydrogens (tertiary/aromatic N) is 2. The van der Waals surface area contributed by atoms with Crippen LogP contribution in [0.4, 0.5) is 5.82 Å². The molecule has 1 heterocycles.